The SMILES string of the molecule is CC(=O)Nc1ccc(Oc2ccc(Cl)cc2Cl)cc1[N+](=O)[O-]. The highest BCUT2D eigenvalue weighted by Crippen LogP contribution is 2.35. The van der Waals surface area contributed by atoms with Crippen molar-refractivity contribution in [1.29, 1.82) is 0 Å². The van der Waals surface area contributed by atoms with Crippen LogP contribution >= 0.6 is 23.2 Å². The molecule has 0 aliphatic rings. The smallest absolute Gasteiger partial charge is 0.296 e. The number of nitrogens with zero attached hydrogens (tertiary/aromatic N) is 1. The van der Waals surface area contributed by atoms with Crippen molar-refractivity contribution in [3.05, 3.63) is 56.6 Å². The van der Waals surface area contributed by atoms with Crippen molar-refractivity contribution in [3.63, 3.8) is 0 Å². The molecule has 0 fully saturated rings. The van der Waals surface area contributed by atoms with Gasteiger partial charge < -0.3 is 10.1 Å². The summed E-state index contributed by atoms with van der Waals surface area (Å²) in [5.74, 6) is 0.121. The van der Waals surface area contributed by atoms with E-state index in [1.165, 1.54) is 31.2 Å². The van der Waals surface area contributed by atoms with Gasteiger partial charge in [0.15, 0.2) is 0 Å². The number of nitro groups is 1. The number of carbonyl (C=O) groups is 1. The number of rotatable bonds is 4. The topological polar surface area (TPSA) is 81.5 Å². The fraction of sp³-hybridized carbons (Fsp3) is 0.0714. The standard InChI is InChI=1S/C14H10Cl2N2O4/c1-8(19)17-12-4-3-10(7-13(12)18(20)21)22-14-5-2-9(15)6-11(14)16/h2-7H,1H3,(H,17,19). The predicted molar refractivity (Wildman–Crippen MR) is 83.9 cm³/mol. The van der Waals surface area contributed by atoms with Gasteiger partial charge in [-0.25, -0.2) is 0 Å². The first-order valence-corrected chi connectivity index (χ1v) is 6.81. The van der Waals surface area contributed by atoms with Gasteiger partial charge in [-0.1, -0.05) is 23.2 Å². The Morgan fingerprint density at radius 3 is 2.55 bits per heavy atom. The lowest BCUT2D eigenvalue weighted by Crippen LogP contribution is -2.08. The molecular weight excluding hydrogens is 331 g/mol. The average Bonchev–Trinajstić information content (AvgIpc) is 2.42. The minimum absolute atomic E-state index is 0.0899. The molecule has 0 radical (unpaired) electrons. The fourth-order valence-electron chi connectivity index (χ4n) is 1.71. The van der Waals surface area contributed by atoms with Crippen LogP contribution in [-0.2, 0) is 4.79 Å². The van der Waals surface area contributed by atoms with E-state index >= 15 is 0 Å². The van der Waals surface area contributed by atoms with Crippen molar-refractivity contribution in [2.24, 2.45) is 0 Å². The first kappa shape index (κ1) is 16.1. The van der Waals surface area contributed by atoms with Gasteiger partial charge in [0.05, 0.1) is 16.0 Å². The van der Waals surface area contributed by atoms with Crippen molar-refractivity contribution in [2.75, 3.05) is 5.32 Å². The number of benzene rings is 2. The summed E-state index contributed by atoms with van der Waals surface area (Å²) in [7, 11) is 0. The van der Waals surface area contributed by atoms with Crippen LogP contribution in [0.15, 0.2) is 36.4 Å². The molecule has 8 heteroatoms. The van der Waals surface area contributed by atoms with Crippen molar-refractivity contribution >= 4 is 40.5 Å². The Bertz CT molecular complexity index is 750. The lowest BCUT2D eigenvalue weighted by molar-refractivity contribution is -0.384. The number of hydrogen-bond acceptors (Lipinski definition) is 4. The van der Waals surface area contributed by atoms with Crippen molar-refractivity contribution in [3.8, 4) is 11.5 Å². The molecule has 2 rings (SSSR count). The molecule has 2 aromatic carbocycles. The van der Waals surface area contributed by atoms with Crippen LogP contribution in [0.2, 0.25) is 10.0 Å². The summed E-state index contributed by atoms with van der Waals surface area (Å²) in [6.45, 7) is 1.27. The molecule has 22 heavy (non-hydrogen) atoms. The Labute approximate surface area is 135 Å². The van der Waals surface area contributed by atoms with E-state index in [0.717, 1.165) is 0 Å². The van der Waals surface area contributed by atoms with Crippen molar-refractivity contribution in [1.82, 2.24) is 0 Å². The minimum atomic E-state index is -0.610. The Kier molecular flexibility index (Phi) is 4.85. The molecule has 2 aromatic rings. The molecule has 1 N–H and O–H groups in total. The summed E-state index contributed by atoms with van der Waals surface area (Å²) >= 11 is 11.8. The zero-order valence-corrected chi connectivity index (χ0v) is 12.8. The maximum atomic E-state index is 11.1. The van der Waals surface area contributed by atoms with Gasteiger partial charge in [-0.15, -0.1) is 0 Å². The van der Waals surface area contributed by atoms with Crippen LogP contribution in [0.4, 0.5) is 11.4 Å². The van der Waals surface area contributed by atoms with Crippen LogP contribution in [0, 0.1) is 10.1 Å². The van der Waals surface area contributed by atoms with E-state index in [1.807, 2.05) is 0 Å². The van der Waals surface area contributed by atoms with Crippen LogP contribution in [0.5, 0.6) is 11.5 Å². The number of carbonyl (C=O) groups excluding carboxylic acids is 1. The van der Waals surface area contributed by atoms with Crippen molar-refractivity contribution < 1.29 is 14.5 Å². The number of amides is 1. The summed E-state index contributed by atoms with van der Waals surface area (Å²) in [6.07, 6.45) is 0. The Morgan fingerprint density at radius 1 is 1.23 bits per heavy atom. The Morgan fingerprint density at radius 2 is 1.95 bits per heavy atom. The molecule has 114 valence electrons. The lowest BCUT2D eigenvalue weighted by Gasteiger charge is -2.09. The number of nitro benzene ring substituents is 1. The highest BCUT2D eigenvalue weighted by molar-refractivity contribution is 6.35. The van der Waals surface area contributed by atoms with Gasteiger partial charge >= 0.3 is 0 Å². The third-order valence-corrected chi connectivity index (χ3v) is 3.13. The molecule has 0 aliphatic heterocycles. The second kappa shape index (κ2) is 6.64. The average molecular weight is 341 g/mol. The number of halogens is 2. The van der Waals surface area contributed by atoms with Gasteiger partial charge in [-0.3, -0.25) is 14.9 Å². The number of nitrogens with one attached hydrogen (secondary N) is 1. The fourth-order valence-corrected chi connectivity index (χ4v) is 2.15. The van der Waals surface area contributed by atoms with Gasteiger partial charge in [0.25, 0.3) is 5.69 Å². The quantitative estimate of drug-likeness (QED) is 0.648. The second-order valence-corrected chi connectivity index (χ2v) is 5.14. The molecule has 0 bridgehead atoms. The minimum Gasteiger partial charge on any atom is -0.456 e. The zero-order valence-electron chi connectivity index (χ0n) is 11.3. The van der Waals surface area contributed by atoms with Gasteiger partial charge in [0.2, 0.25) is 5.91 Å². The molecule has 0 aliphatic carbocycles. The van der Waals surface area contributed by atoms with Crippen LogP contribution in [0.25, 0.3) is 0 Å². The molecular formula is C14H10Cl2N2O4. The maximum absolute atomic E-state index is 11.1. The van der Waals surface area contributed by atoms with E-state index in [9.17, 15) is 14.9 Å². The van der Waals surface area contributed by atoms with E-state index in [2.05, 4.69) is 5.32 Å². The van der Waals surface area contributed by atoms with Gasteiger partial charge in [0.1, 0.15) is 17.2 Å². The monoisotopic (exact) mass is 340 g/mol. The van der Waals surface area contributed by atoms with E-state index in [-0.39, 0.29) is 22.1 Å². The summed E-state index contributed by atoms with van der Waals surface area (Å²) in [4.78, 5) is 21.5. The number of hydrogen-bond donors (Lipinski definition) is 1. The van der Waals surface area contributed by atoms with Gasteiger partial charge in [-0.2, -0.15) is 0 Å². The largest absolute Gasteiger partial charge is 0.456 e. The van der Waals surface area contributed by atoms with Crippen LogP contribution in [-0.4, -0.2) is 10.8 Å². The molecule has 0 atom stereocenters. The summed E-state index contributed by atoms with van der Waals surface area (Å²) in [5.41, 5.74) is -0.190. The van der Waals surface area contributed by atoms with Gasteiger partial charge in [0, 0.05) is 11.9 Å². The Balaban J connectivity index is 2.34. The third kappa shape index (κ3) is 3.87. The molecule has 0 saturated carbocycles. The third-order valence-electron chi connectivity index (χ3n) is 2.60. The zero-order chi connectivity index (χ0) is 16.3. The molecule has 6 nitrogen and oxygen atoms in total. The lowest BCUT2D eigenvalue weighted by atomic mass is 10.2. The molecule has 0 unspecified atom stereocenters. The van der Waals surface area contributed by atoms with Crippen molar-refractivity contribution in [2.45, 2.75) is 6.92 Å². The summed E-state index contributed by atoms with van der Waals surface area (Å²) in [5, 5.41) is 14.2. The van der Waals surface area contributed by atoms with Gasteiger partial charge in [-0.05, 0) is 30.3 Å². The van der Waals surface area contributed by atoms with Crippen LogP contribution in [0.3, 0.4) is 0 Å². The normalized spacial score (nSPS) is 10.1. The maximum Gasteiger partial charge on any atom is 0.296 e. The van der Waals surface area contributed by atoms with Crippen LogP contribution < -0.4 is 10.1 Å². The highest BCUT2D eigenvalue weighted by atomic mass is 35.5. The number of ether oxygens (including phenoxy) is 1. The summed E-state index contributed by atoms with van der Waals surface area (Å²) in [6, 6.07) is 8.72. The van der Waals surface area contributed by atoms with Crippen LogP contribution in [0.1, 0.15) is 6.92 Å². The molecule has 0 heterocycles. The van der Waals surface area contributed by atoms with E-state index in [0.29, 0.717) is 10.8 Å². The molecule has 0 aromatic heterocycles. The highest BCUT2D eigenvalue weighted by Gasteiger charge is 2.17. The first-order chi connectivity index (χ1) is 10.4. The molecule has 0 spiro atoms. The molecule has 0 saturated heterocycles. The second-order valence-electron chi connectivity index (χ2n) is 4.29. The molecule has 1 amide bonds. The predicted octanol–water partition coefficient (Wildman–Crippen LogP) is 4.65. The summed E-state index contributed by atoms with van der Waals surface area (Å²) < 4.78 is 5.51. The van der Waals surface area contributed by atoms with E-state index < -0.39 is 10.8 Å². The van der Waals surface area contributed by atoms with E-state index in [1.54, 1.807) is 12.1 Å². The number of anilines is 1. The Hall–Kier alpha value is -2.31. The van der Waals surface area contributed by atoms with E-state index in [4.69, 9.17) is 27.9 Å². The first-order valence-electron chi connectivity index (χ1n) is 6.06.